The lowest BCUT2D eigenvalue weighted by molar-refractivity contribution is 0.249. The third-order valence-corrected chi connectivity index (χ3v) is 2.28. The first-order chi connectivity index (χ1) is 9.85. The molecule has 10 nitrogen and oxygen atoms in total. The Morgan fingerprint density at radius 3 is 3.00 bits per heavy atom. The zero-order valence-corrected chi connectivity index (χ0v) is 10.2. The Balaban J connectivity index is 1.84. The molecule has 3 aromatic heterocycles. The molecule has 3 aromatic rings. The van der Waals surface area contributed by atoms with Crippen LogP contribution in [0.3, 0.4) is 0 Å². The molecule has 3 N–H and O–H groups in total. The molecule has 0 bridgehead atoms. The number of hydrazine groups is 1. The van der Waals surface area contributed by atoms with Crippen LogP contribution in [0.1, 0.15) is 5.76 Å². The van der Waals surface area contributed by atoms with Crippen molar-refractivity contribution in [2.75, 3.05) is 5.43 Å². The smallest absolute Gasteiger partial charge is 0.323 e. The Labute approximate surface area is 112 Å². The average molecular weight is 274 g/mol. The van der Waals surface area contributed by atoms with Gasteiger partial charge in [-0.25, -0.2) is 10.8 Å². The molecule has 0 unspecified atom stereocenters. The maximum atomic E-state index is 5.42. The minimum Gasteiger partial charge on any atom is -0.466 e. The highest BCUT2D eigenvalue weighted by atomic mass is 16.5. The van der Waals surface area contributed by atoms with E-state index >= 15 is 0 Å². The molecule has 0 fully saturated rings. The van der Waals surface area contributed by atoms with E-state index in [1.807, 2.05) is 0 Å². The Hall–Kier alpha value is -3.01. The molecule has 0 saturated carbocycles. The SMILES string of the molecule is NNc1nc(OCc2ccco2)nc(-n2cncn2)n1. The van der Waals surface area contributed by atoms with Crippen molar-refractivity contribution in [1.82, 2.24) is 29.7 Å². The van der Waals surface area contributed by atoms with Gasteiger partial charge in [-0.2, -0.15) is 24.7 Å². The monoisotopic (exact) mass is 274 g/mol. The highest BCUT2D eigenvalue weighted by Crippen LogP contribution is 2.11. The number of nitrogens with one attached hydrogen (secondary N) is 1. The van der Waals surface area contributed by atoms with Crippen molar-refractivity contribution in [3.63, 3.8) is 0 Å². The highest BCUT2D eigenvalue weighted by molar-refractivity contribution is 5.28. The fourth-order valence-electron chi connectivity index (χ4n) is 1.42. The summed E-state index contributed by atoms with van der Waals surface area (Å²) in [7, 11) is 0. The second-order valence-electron chi connectivity index (χ2n) is 3.59. The molecule has 10 heteroatoms. The van der Waals surface area contributed by atoms with Gasteiger partial charge < -0.3 is 9.15 Å². The molecule has 3 rings (SSSR count). The van der Waals surface area contributed by atoms with Crippen molar-refractivity contribution < 1.29 is 9.15 Å². The Bertz CT molecular complexity index is 667. The van der Waals surface area contributed by atoms with E-state index in [1.165, 1.54) is 17.3 Å². The molecule has 0 saturated heterocycles. The molecular weight excluding hydrogens is 264 g/mol. The number of rotatable bonds is 5. The molecule has 20 heavy (non-hydrogen) atoms. The Kier molecular flexibility index (Phi) is 3.20. The Morgan fingerprint density at radius 2 is 2.30 bits per heavy atom. The molecular formula is C10H10N8O2. The first-order valence-electron chi connectivity index (χ1n) is 5.58. The minimum atomic E-state index is 0.0925. The van der Waals surface area contributed by atoms with Crippen molar-refractivity contribution >= 4 is 5.95 Å². The molecule has 0 atom stereocenters. The van der Waals surface area contributed by atoms with Gasteiger partial charge >= 0.3 is 6.01 Å². The normalized spacial score (nSPS) is 10.4. The largest absolute Gasteiger partial charge is 0.466 e. The van der Waals surface area contributed by atoms with Crippen LogP contribution in [0.5, 0.6) is 6.01 Å². The van der Waals surface area contributed by atoms with Gasteiger partial charge in [-0.3, -0.25) is 5.43 Å². The first-order valence-corrected chi connectivity index (χ1v) is 5.58. The average Bonchev–Trinajstić information content (AvgIpc) is 3.17. The summed E-state index contributed by atoms with van der Waals surface area (Å²) in [4.78, 5) is 15.9. The summed E-state index contributed by atoms with van der Waals surface area (Å²) in [6, 6.07) is 3.64. The van der Waals surface area contributed by atoms with Gasteiger partial charge in [0.2, 0.25) is 5.95 Å². The van der Waals surface area contributed by atoms with E-state index < -0.39 is 0 Å². The zero-order chi connectivity index (χ0) is 13.8. The van der Waals surface area contributed by atoms with Crippen molar-refractivity contribution in [1.29, 1.82) is 0 Å². The van der Waals surface area contributed by atoms with Gasteiger partial charge in [0.05, 0.1) is 6.26 Å². The van der Waals surface area contributed by atoms with Gasteiger partial charge in [0.15, 0.2) is 0 Å². The van der Waals surface area contributed by atoms with Crippen LogP contribution in [-0.4, -0.2) is 29.7 Å². The molecule has 0 radical (unpaired) electrons. The summed E-state index contributed by atoms with van der Waals surface area (Å²) < 4.78 is 11.9. The summed E-state index contributed by atoms with van der Waals surface area (Å²) in [6.45, 7) is 0.192. The van der Waals surface area contributed by atoms with E-state index in [0.717, 1.165) is 0 Å². The van der Waals surface area contributed by atoms with E-state index in [2.05, 4.69) is 30.5 Å². The third-order valence-electron chi connectivity index (χ3n) is 2.28. The van der Waals surface area contributed by atoms with Gasteiger partial charge in [-0.05, 0) is 12.1 Å². The van der Waals surface area contributed by atoms with Crippen LogP contribution in [0.4, 0.5) is 5.95 Å². The number of anilines is 1. The van der Waals surface area contributed by atoms with Gasteiger partial charge in [0.25, 0.3) is 5.95 Å². The zero-order valence-electron chi connectivity index (χ0n) is 10.2. The number of hydrogen-bond acceptors (Lipinski definition) is 9. The van der Waals surface area contributed by atoms with Gasteiger partial charge in [0.1, 0.15) is 25.0 Å². The quantitative estimate of drug-likeness (QED) is 0.484. The number of furan rings is 1. The maximum absolute atomic E-state index is 5.42. The van der Waals surface area contributed by atoms with Crippen LogP contribution in [0.25, 0.3) is 5.95 Å². The lowest BCUT2D eigenvalue weighted by atomic mass is 10.5. The number of nitrogen functional groups attached to an aromatic ring is 1. The second kappa shape index (κ2) is 5.32. The molecule has 0 aromatic carbocycles. The first kappa shape index (κ1) is 12.0. The van der Waals surface area contributed by atoms with Crippen LogP contribution in [0.15, 0.2) is 35.5 Å². The van der Waals surface area contributed by atoms with Crippen molar-refractivity contribution in [2.24, 2.45) is 5.84 Å². The van der Waals surface area contributed by atoms with E-state index in [-0.39, 0.29) is 24.5 Å². The van der Waals surface area contributed by atoms with Crippen molar-refractivity contribution in [3.05, 3.63) is 36.8 Å². The number of aromatic nitrogens is 6. The van der Waals surface area contributed by atoms with Crippen LogP contribution in [0, 0.1) is 0 Å². The van der Waals surface area contributed by atoms with Crippen LogP contribution in [-0.2, 0) is 6.61 Å². The summed E-state index contributed by atoms with van der Waals surface area (Å²) in [5.74, 6) is 6.35. The van der Waals surface area contributed by atoms with Crippen LogP contribution < -0.4 is 16.0 Å². The fraction of sp³-hybridized carbons (Fsp3) is 0.100. The minimum absolute atomic E-state index is 0.0925. The standard InChI is InChI=1S/C10H10N8O2/c11-17-8-14-9(18-6-12-5-13-18)16-10(15-8)20-4-7-2-1-3-19-7/h1-3,5-6H,4,11H2,(H,14,15,16,17). The number of nitrogens with zero attached hydrogens (tertiary/aromatic N) is 6. The van der Waals surface area contributed by atoms with Crippen LogP contribution >= 0.6 is 0 Å². The molecule has 0 aliphatic rings. The Morgan fingerprint density at radius 1 is 1.35 bits per heavy atom. The summed E-state index contributed by atoms with van der Waals surface area (Å²) in [5, 5.41) is 3.92. The maximum Gasteiger partial charge on any atom is 0.323 e. The predicted molar refractivity (Wildman–Crippen MR) is 65.6 cm³/mol. The lowest BCUT2D eigenvalue weighted by Crippen LogP contribution is -2.15. The molecule has 102 valence electrons. The summed E-state index contributed by atoms with van der Waals surface area (Å²) in [5.41, 5.74) is 2.34. The van der Waals surface area contributed by atoms with Gasteiger partial charge in [-0.1, -0.05) is 0 Å². The number of nitrogens with two attached hydrogens (primary N) is 1. The fourth-order valence-corrected chi connectivity index (χ4v) is 1.42. The van der Waals surface area contributed by atoms with Crippen LogP contribution in [0.2, 0.25) is 0 Å². The predicted octanol–water partition coefficient (Wildman–Crippen LogP) is -0.0901. The van der Waals surface area contributed by atoms with Crippen molar-refractivity contribution in [3.8, 4) is 12.0 Å². The van der Waals surface area contributed by atoms with E-state index in [4.69, 9.17) is 15.0 Å². The highest BCUT2D eigenvalue weighted by Gasteiger charge is 2.10. The second-order valence-corrected chi connectivity index (χ2v) is 3.59. The molecule has 3 heterocycles. The number of ether oxygens (including phenoxy) is 1. The topological polar surface area (TPSA) is 130 Å². The van der Waals surface area contributed by atoms with E-state index in [1.54, 1.807) is 18.4 Å². The van der Waals surface area contributed by atoms with Crippen molar-refractivity contribution in [2.45, 2.75) is 6.61 Å². The van der Waals surface area contributed by atoms with E-state index in [9.17, 15) is 0 Å². The number of hydrogen-bond donors (Lipinski definition) is 2. The molecule has 0 amide bonds. The van der Waals surface area contributed by atoms with Gasteiger partial charge in [0, 0.05) is 0 Å². The lowest BCUT2D eigenvalue weighted by Gasteiger charge is -2.06. The molecule has 0 aliphatic carbocycles. The molecule has 0 aliphatic heterocycles. The van der Waals surface area contributed by atoms with E-state index in [0.29, 0.717) is 5.76 Å². The summed E-state index contributed by atoms with van der Waals surface area (Å²) in [6.07, 6.45) is 4.37. The van der Waals surface area contributed by atoms with Gasteiger partial charge in [-0.15, -0.1) is 0 Å². The summed E-state index contributed by atoms with van der Waals surface area (Å²) >= 11 is 0. The molecule has 0 spiro atoms. The third kappa shape index (κ3) is 2.54.